The third-order valence-electron chi connectivity index (χ3n) is 3.49. The molecule has 2 aromatic heterocycles. The van der Waals surface area contributed by atoms with E-state index in [1.807, 2.05) is 0 Å². The number of alkyl halides is 3. The van der Waals surface area contributed by atoms with E-state index >= 15 is 0 Å². The number of rotatable bonds is 6. The number of pyridine rings is 1. The predicted octanol–water partition coefficient (Wildman–Crippen LogP) is 4.10. The number of nitrogens with one attached hydrogen (secondary N) is 2. The maximum Gasteiger partial charge on any atom is 0.416 e. The lowest BCUT2D eigenvalue weighted by atomic mass is 10.2. The van der Waals surface area contributed by atoms with Crippen molar-refractivity contribution in [1.29, 1.82) is 0 Å². The smallest absolute Gasteiger partial charge is 0.416 e. The molecule has 0 atom stereocenters. The van der Waals surface area contributed by atoms with Gasteiger partial charge in [-0.3, -0.25) is 10.1 Å². The number of halogens is 3. The maximum absolute atomic E-state index is 12.9. The first-order chi connectivity index (χ1) is 13.8. The van der Waals surface area contributed by atoms with Gasteiger partial charge in [-0.25, -0.2) is 14.8 Å². The summed E-state index contributed by atoms with van der Waals surface area (Å²) >= 11 is 1.20. The molecule has 29 heavy (non-hydrogen) atoms. The number of hydrogen-bond acceptors (Lipinski definition) is 7. The van der Waals surface area contributed by atoms with E-state index in [0.29, 0.717) is 5.13 Å². The van der Waals surface area contributed by atoms with Crippen LogP contribution < -0.4 is 10.6 Å². The van der Waals surface area contributed by atoms with Crippen molar-refractivity contribution < 1.29 is 27.5 Å². The Bertz CT molecular complexity index is 1010. The number of amides is 1. The minimum absolute atomic E-state index is 0.00263. The van der Waals surface area contributed by atoms with Crippen molar-refractivity contribution in [3.05, 3.63) is 65.3 Å². The molecule has 1 aromatic carbocycles. The summed E-state index contributed by atoms with van der Waals surface area (Å²) in [4.78, 5) is 32.0. The highest BCUT2D eigenvalue weighted by atomic mass is 32.1. The molecule has 0 bridgehead atoms. The Labute approximate surface area is 166 Å². The monoisotopic (exact) mass is 422 g/mol. The van der Waals surface area contributed by atoms with Gasteiger partial charge in [-0.2, -0.15) is 13.2 Å². The Morgan fingerprint density at radius 2 is 1.93 bits per heavy atom. The van der Waals surface area contributed by atoms with Crippen LogP contribution in [0.25, 0.3) is 0 Å². The molecule has 3 aromatic rings. The highest BCUT2D eigenvalue weighted by Crippen LogP contribution is 2.31. The average molecular weight is 422 g/mol. The van der Waals surface area contributed by atoms with Crippen molar-refractivity contribution in [2.75, 3.05) is 17.2 Å². The van der Waals surface area contributed by atoms with Crippen molar-refractivity contribution >= 4 is 39.9 Å². The first-order valence-electron chi connectivity index (χ1n) is 8.09. The van der Waals surface area contributed by atoms with Crippen LogP contribution in [0, 0.1) is 0 Å². The van der Waals surface area contributed by atoms with Gasteiger partial charge in [0.15, 0.2) is 11.7 Å². The van der Waals surface area contributed by atoms with Crippen molar-refractivity contribution in [2.45, 2.75) is 6.18 Å². The molecule has 0 aliphatic carbocycles. The number of nitrogens with zero attached hydrogens (tertiary/aromatic N) is 2. The normalized spacial score (nSPS) is 11.0. The number of aromatic nitrogens is 2. The molecular formula is C18H13F3N4O3S. The molecule has 0 fully saturated rings. The van der Waals surface area contributed by atoms with Crippen LogP contribution in [-0.4, -0.2) is 28.5 Å². The lowest BCUT2D eigenvalue weighted by Gasteiger charge is -2.12. The summed E-state index contributed by atoms with van der Waals surface area (Å²) in [5, 5.41) is 7.16. The second-order valence-electron chi connectivity index (χ2n) is 5.56. The topological polar surface area (TPSA) is 93.2 Å². The lowest BCUT2D eigenvalue weighted by molar-refractivity contribution is -0.137. The Balaban J connectivity index is 1.68. The van der Waals surface area contributed by atoms with Crippen molar-refractivity contribution in [1.82, 2.24) is 9.97 Å². The van der Waals surface area contributed by atoms with Crippen molar-refractivity contribution in [3.63, 3.8) is 0 Å². The molecular weight excluding hydrogens is 409 g/mol. The number of esters is 1. The van der Waals surface area contributed by atoms with Crippen LogP contribution in [0.1, 0.15) is 15.9 Å². The third kappa shape index (κ3) is 5.51. The molecule has 3 rings (SSSR count). The number of benzene rings is 1. The Hall–Kier alpha value is -3.47. The summed E-state index contributed by atoms with van der Waals surface area (Å²) in [5.74, 6) is -1.44. The SMILES string of the molecule is O=C(COC(=O)c1cccnc1Nc1cccc(C(F)(F)F)c1)Nc1nccs1. The summed E-state index contributed by atoms with van der Waals surface area (Å²) in [6.45, 7) is -0.559. The molecule has 0 aliphatic rings. The van der Waals surface area contributed by atoms with E-state index in [0.717, 1.165) is 12.1 Å². The average Bonchev–Trinajstić information content (AvgIpc) is 3.19. The minimum Gasteiger partial charge on any atom is -0.452 e. The number of carbonyl (C=O) groups excluding carboxylic acids is 2. The summed E-state index contributed by atoms with van der Waals surface area (Å²) in [7, 11) is 0. The van der Waals surface area contributed by atoms with Crippen molar-refractivity contribution in [2.24, 2.45) is 0 Å². The van der Waals surface area contributed by atoms with E-state index in [4.69, 9.17) is 4.74 Å². The number of carbonyl (C=O) groups is 2. The highest BCUT2D eigenvalue weighted by molar-refractivity contribution is 7.13. The fourth-order valence-electron chi connectivity index (χ4n) is 2.23. The molecule has 7 nitrogen and oxygen atoms in total. The van der Waals surface area contributed by atoms with Crippen LogP contribution in [0.2, 0.25) is 0 Å². The molecule has 0 saturated carbocycles. The zero-order chi connectivity index (χ0) is 20.9. The fourth-order valence-corrected chi connectivity index (χ4v) is 2.77. The number of anilines is 3. The molecule has 150 valence electrons. The second kappa shape index (κ2) is 8.69. The Morgan fingerprint density at radius 3 is 2.66 bits per heavy atom. The van der Waals surface area contributed by atoms with Crippen LogP contribution in [0.4, 0.5) is 29.8 Å². The number of ether oxygens (including phenoxy) is 1. The fraction of sp³-hybridized carbons (Fsp3) is 0.111. The predicted molar refractivity (Wildman–Crippen MR) is 100.0 cm³/mol. The van der Waals surface area contributed by atoms with Gasteiger partial charge in [-0.15, -0.1) is 11.3 Å². The molecule has 0 spiro atoms. The van der Waals surface area contributed by atoms with Crippen LogP contribution in [0.3, 0.4) is 0 Å². The van der Waals surface area contributed by atoms with Gasteiger partial charge in [0.2, 0.25) is 0 Å². The number of thiazole rings is 1. The van der Waals surface area contributed by atoms with E-state index in [-0.39, 0.29) is 17.1 Å². The lowest BCUT2D eigenvalue weighted by Crippen LogP contribution is -2.21. The van der Waals surface area contributed by atoms with Gasteiger partial charge in [-0.1, -0.05) is 6.07 Å². The first-order valence-corrected chi connectivity index (χ1v) is 8.96. The molecule has 11 heteroatoms. The summed E-state index contributed by atoms with van der Waals surface area (Å²) < 4.78 is 43.6. The highest BCUT2D eigenvalue weighted by Gasteiger charge is 2.30. The zero-order valence-corrected chi connectivity index (χ0v) is 15.4. The molecule has 0 radical (unpaired) electrons. The van der Waals surface area contributed by atoms with E-state index in [2.05, 4.69) is 20.6 Å². The van der Waals surface area contributed by atoms with E-state index in [1.54, 1.807) is 5.38 Å². The third-order valence-corrected chi connectivity index (χ3v) is 4.18. The molecule has 2 heterocycles. The van der Waals surface area contributed by atoms with Crippen molar-refractivity contribution in [3.8, 4) is 0 Å². The van der Waals surface area contributed by atoms with E-state index in [1.165, 1.54) is 48.0 Å². The Kier molecular flexibility index (Phi) is 6.07. The first kappa shape index (κ1) is 20.3. The zero-order valence-electron chi connectivity index (χ0n) is 14.6. The molecule has 2 N–H and O–H groups in total. The molecule has 0 saturated heterocycles. The van der Waals surface area contributed by atoms with Crippen LogP contribution in [0.15, 0.2) is 54.2 Å². The van der Waals surface area contributed by atoms with Gasteiger partial charge in [-0.05, 0) is 30.3 Å². The Morgan fingerprint density at radius 1 is 1.10 bits per heavy atom. The molecule has 0 aliphatic heterocycles. The van der Waals surface area contributed by atoms with Gasteiger partial charge < -0.3 is 10.1 Å². The summed E-state index contributed by atoms with van der Waals surface area (Å²) in [6.07, 6.45) is -1.64. The van der Waals surface area contributed by atoms with Gasteiger partial charge in [0.05, 0.1) is 5.56 Å². The van der Waals surface area contributed by atoms with Gasteiger partial charge in [0, 0.05) is 23.5 Å². The molecule has 0 unspecified atom stereocenters. The van der Waals surface area contributed by atoms with E-state index in [9.17, 15) is 22.8 Å². The summed E-state index contributed by atoms with van der Waals surface area (Å²) in [5.41, 5.74) is -0.789. The standard InChI is InChI=1S/C18H13F3N4O3S/c19-18(20,21)11-3-1-4-12(9-11)24-15-13(5-2-6-22-15)16(27)28-10-14(26)25-17-23-7-8-29-17/h1-9H,10H2,(H,22,24)(H,23,25,26). The van der Waals surface area contributed by atoms with E-state index < -0.39 is 30.2 Å². The number of hydrogen-bond donors (Lipinski definition) is 2. The van der Waals surface area contributed by atoms with Crippen LogP contribution in [-0.2, 0) is 15.7 Å². The van der Waals surface area contributed by atoms with Gasteiger partial charge >= 0.3 is 12.1 Å². The van der Waals surface area contributed by atoms with Gasteiger partial charge in [0.25, 0.3) is 5.91 Å². The van der Waals surface area contributed by atoms with Crippen LogP contribution >= 0.6 is 11.3 Å². The largest absolute Gasteiger partial charge is 0.452 e. The second-order valence-corrected chi connectivity index (χ2v) is 6.46. The minimum atomic E-state index is -4.51. The summed E-state index contributed by atoms with van der Waals surface area (Å²) in [6, 6.07) is 7.30. The maximum atomic E-state index is 12.9. The molecule has 1 amide bonds. The van der Waals surface area contributed by atoms with Crippen LogP contribution in [0.5, 0.6) is 0 Å². The van der Waals surface area contributed by atoms with Gasteiger partial charge in [0.1, 0.15) is 11.4 Å². The quantitative estimate of drug-likeness (QED) is 0.581.